The van der Waals surface area contributed by atoms with Gasteiger partial charge in [-0.25, -0.2) is 9.37 Å². The van der Waals surface area contributed by atoms with E-state index < -0.39 is 28.5 Å². The van der Waals surface area contributed by atoms with Gasteiger partial charge in [0.1, 0.15) is 10.7 Å². The molecule has 0 saturated heterocycles. The molecule has 0 saturated carbocycles. The fraction of sp³-hybridized carbons (Fsp3) is 0.167. The van der Waals surface area contributed by atoms with Crippen LogP contribution in [0.3, 0.4) is 0 Å². The molecule has 2 aromatic rings. The zero-order chi connectivity index (χ0) is 15.6. The van der Waals surface area contributed by atoms with Gasteiger partial charge in [0, 0.05) is 6.54 Å². The molecule has 0 spiro atoms. The van der Waals surface area contributed by atoms with Gasteiger partial charge in [-0.15, -0.1) is 11.3 Å². The second kappa shape index (κ2) is 6.26. The molecule has 9 heteroatoms. The Hall–Kier alpha value is -1.23. The van der Waals surface area contributed by atoms with Crippen molar-refractivity contribution < 1.29 is 22.4 Å². The van der Waals surface area contributed by atoms with Gasteiger partial charge in [0.05, 0.1) is 0 Å². The van der Waals surface area contributed by atoms with Gasteiger partial charge in [-0.05, 0) is 40.3 Å². The van der Waals surface area contributed by atoms with Crippen molar-refractivity contribution in [1.82, 2.24) is 10.3 Å². The van der Waals surface area contributed by atoms with Crippen LogP contribution in [-0.2, 0) is 12.7 Å². The highest BCUT2D eigenvalue weighted by Crippen LogP contribution is 2.34. The fourth-order valence-electron chi connectivity index (χ4n) is 1.50. The van der Waals surface area contributed by atoms with E-state index in [4.69, 9.17) is 0 Å². The largest absolute Gasteiger partial charge is 0.435 e. The summed E-state index contributed by atoms with van der Waals surface area (Å²) in [7, 11) is 0. The van der Waals surface area contributed by atoms with Gasteiger partial charge < -0.3 is 5.32 Å². The minimum atomic E-state index is -4.68. The molecule has 0 aliphatic rings. The highest BCUT2D eigenvalue weighted by Gasteiger charge is 2.39. The lowest BCUT2D eigenvalue weighted by atomic mass is 10.2. The third-order valence-corrected chi connectivity index (χ3v) is 4.19. The number of benzene rings is 1. The monoisotopic (exact) mass is 430 g/mol. The van der Waals surface area contributed by atoms with Gasteiger partial charge in [-0.3, -0.25) is 4.79 Å². The SMILES string of the molecule is O=C(NCc1ccc(F)cc1)c1sc(I)nc1C(F)(F)F. The summed E-state index contributed by atoms with van der Waals surface area (Å²) in [5.74, 6) is -1.28. The van der Waals surface area contributed by atoms with E-state index >= 15 is 0 Å². The van der Waals surface area contributed by atoms with E-state index in [1.165, 1.54) is 24.3 Å². The Labute approximate surface area is 134 Å². The van der Waals surface area contributed by atoms with Gasteiger partial charge in [0.25, 0.3) is 5.91 Å². The first-order chi connectivity index (χ1) is 9.77. The van der Waals surface area contributed by atoms with Crippen LogP contribution in [0.15, 0.2) is 24.3 Å². The zero-order valence-electron chi connectivity index (χ0n) is 10.2. The van der Waals surface area contributed by atoms with E-state index in [1.807, 2.05) is 0 Å². The van der Waals surface area contributed by atoms with Crippen LogP contribution < -0.4 is 5.32 Å². The molecule has 1 aromatic heterocycles. The number of amides is 1. The molecule has 3 nitrogen and oxygen atoms in total. The topological polar surface area (TPSA) is 42.0 Å². The highest BCUT2D eigenvalue weighted by atomic mass is 127. The number of alkyl halides is 3. The summed E-state index contributed by atoms with van der Waals surface area (Å²) in [6.45, 7) is 0.00485. The third kappa shape index (κ3) is 4.13. The molecule has 1 heterocycles. The first-order valence-electron chi connectivity index (χ1n) is 5.53. The highest BCUT2D eigenvalue weighted by molar-refractivity contribution is 14.1. The molecule has 1 N–H and O–H groups in total. The molecule has 0 aliphatic heterocycles. The number of nitrogens with zero attached hydrogens (tertiary/aromatic N) is 1. The molecule has 21 heavy (non-hydrogen) atoms. The Morgan fingerprint density at radius 1 is 1.29 bits per heavy atom. The maximum Gasteiger partial charge on any atom is 0.435 e. The minimum absolute atomic E-state index is 0.00485. The Morgan fingerprint density at radius 3 is 2.48 bits per heavy atom. The van der Waals surface area contributed by atoms with Gasteiger partial charge >= 0.3 is 6.18 Å². The average molecular weight is 430 g/mol. The van der Waals surface area contributed by atoms with Crippen LogP contribution in [0.2, 0.25) is 0 Å². The lowest BCUT2D eigenvalue weighted by molar-refractivity contribution is -0.141. The van der Waals surface area contributed by atoms with Crippen molar-refractivity contribution in [2.45, 2.75) is 12.7 Å². The van der Waals surface area contributed by atoms with Crippen molar-refractivity contribution >= 4 is 39.8 Å². The van der Waals surface area contributed by atoms with Gasteiger partial charge in [-0.1, -0.05) is 12.1 Å². The molecule has 1 amide bonds. The van der Waals surface area contributed by atoms with Crippen molar-refractivity contribution in [2.24, 2.45) is 0 Å². The molecule has 0 atom stereocenters. The molecular weight excluding hydrogens is 423 g/mol. The van der Waals surface area contributed by atoms with Gasteiger partial charge in [-0.2, -0.15) is 13.2 Å². The van der Waals surface area contributed by atoms with Crippen molar-refractivity contribution in [2.75, 3.05) is 0 Å². The summed E-state index contributed by atoms with van der Waals surface area (Å²) in [4.78, 5) is 14.7. The number of carbonyl (C=O) groups excluding carboxylic acids is 1. The van der Waals surface area contributed by atoms with Gasteiger partial charge in [0.15, 0.2) is 8.71 Å². The normalized spacial score (nSPS) is 11.5. The Balaban J connectivity index is 2.12. The van der Waals surface area contributed by atoms with E-state index in [1.54, 1.807) is 22.6 Å². The van der Waals surface area contributed by atoms with Crippen LogP contribution >= 0.6 is 33.9 Å². The van der Waals surface area contributed by atoms with E-state index in [2.05, 4.69) is 10.3 Å². The summed E-state index contributed by atoms with van der Waals surface area (Å²) in [6.07, 6.45) is -4.68. The predicted molar refractivity (Wildman–Crippen MR) is 77.4 cm³/mol. The lowest BCUT2D eigenvalue weighted by Gasteiger charge is -2.07. The second-order valence-electron chi connectivity index (χ2n) is 3.95. The minimum Gasteiger partial charge on any atom is -0.347 e. The number of hydrogen-bond donors (Lipinski definition) is 1. The molecule has 0 bridgehead atoms. The van der Waals surface area contributed by atoms with Crippen LogP contribution in [0, 0.1) is 8.83 Å². The smallest absolute Gasteiger partial charge is 0.347 e. The van der Waals surface area contributed by atoms with E-state index in [0.29, 0.717) is 16.9 Å². The fourth-order valence-corrected chi connectivity index (χ4v) is 3.14. The number of nitrogens with one attached hydrogen (secondary N) is 1. The predicted octanol–water partition coefficient (Wildman–Crippen LogP) is 3.84. The van der Waals surface area contributed by atoms with Crippen LogP contribution in [0.4, 0.5) is 17.6 Å². The molecule has 112 valence electrons. The summed E-state index contributed by atoms with van der Waals surface area (Å²) in [5, 5.41) is 2.37. The van der Waals surface area contributed by atoms with E-state index in [0.717, 1.165) is 0 Å². The number of carbonyl (C=O) groups is 1. The summed E-state index contributed by atoms with van der Waals surface area (Å²) in [5.41, 5.74) is -0.606. The van der Waals surface area contributed by atoms with Crippen LogP contribution in [0.5, 0.6) is 0 Å². The average Bonchev–Trinajstić information content (AvgIpc) is 2.80. The van der Waals surface area contributed by atoms with Crippen LogP contribution in [0.25, 0.3) is 0 Å². The summed E-state index contributed by atoms with van der Waals surface area (Å²) >= 11 is 2.30. The number of rotatable bonds is 3. The second-order valence-corrected chi connectivity index (χ2v) is 6.70. The maximum atomic E-state index is 12.7. The molecule has 0 aliphatic carbocycles. The van der Waals surface area contributed by atoms with Crippen LogP contribution in [0.1, 0.15) is 20.9 Å². The molecule has 1 aromatic carbocycles. The van der Waals surface area contributed by atoms with Crippen molar-refractivity contribution in [3.05, 3.63) is 49.2 Å². The van der Waals surface area contributed by atoms with Crippen molar-refractivity contribution in [1.29, 1.82) is 0 Å². The molecular formula is C12H7F4IN2OS. The Kier molecular flexibility index (Phi) is 4.81. The summed E-state index contributed by atoms with van der Waals surface area (Å²) in [6, 6.07) is 5.30. The van der Waals surface area contributed by atoms with Crippen molar-refractivity contribution in [3.63, 3.8) is 0 Å². The Bertz CT molecular complexity index is 654. The zero-order valence-corrected chi connectivity index (χ0v) is 13.1. The first-order valence-corrected chi connectivity index (χ1v) is 7.43. The number of halogens is 5. The molecule has 0 unspecified atom stereocenters. The number of hydrogen-bond acceptors (Lipinski definition) is 3. The quantitative estimate of drug-likeness (QED) is 0.594. The van der Waals surface area contributed by atoms with Crippen molar-refractivity contribution in [3.8, 4) is 0 Å². The number of thiazole rings is 1. The third-order valence-electron chi connectivity index (χ3n) is 2.44. The first kappa shape index (κ1) is 16.1. The number of aromatic nitrogens is 1. The molecule has 0 radical (unpaired) electrons. The van der Waals surface area contributed by atoms with Gasteiger partial charge in [0.2, 0.25) is 0 Å². The standard InChI is InChI=1S/C12H7F4IN2OS/c13-7-3-1-6(2-4-7)5-18-10(20)8-9(12(14,15)16)19-11(17)21-8/h1-4H,5H2,(H,18,20). The van der Waals surface area contributed by atoms with E-state index in [-0.39, 0.29) is 9.56 Å². The lowest BCUT2D eigenvalue weighted by Crippen LogP contribution is -2.24. The van der Waals surface area contributed by atoms with E-state index in [9.17, 15) is 22.4 Å². The van der Waals surface area contributed by atoms with Crippen LogP contribution in [-0.4, -0.2) is 10.9 Å². The summed E-state index contributed by atoms with van der Waals surface area (Å²) < 4.78 is 51.1. The molecule has 0 fully saturated rings. The maximum absolute atomic E-state index is 12.7. The molecule has 2 rings (SSSR count). The Morgan fingerprint density at radius 2 is 1.90 bits per heavy atom.